The summed E-state index contributed by atoms with van der Waals surface area (Å²) in [6.45, 7) is 0.191. The Morgan fingerprint density at radius 1 is 1.54 bits per heavy atom. The van der Waals surface area contributed by atoms with E-state index in [0.29, 0.717) is 15.6 Å². The van der Waals surface area contributed by atoms with Crippen LogP contribution < -0.4 is 5.73 Å². The number of nitrogens with two attached hydrogens (primary N) is 1. The van der Waals surface area contributed by atoms with E-state index < -0.39 is 0 Å². The summed E-state index contributed by atoms with van der Waals surface area (Å²) in [5.74, 6) is 1.25. The van der Waals surface area contributed by atoms with E-state index in [0.717, 1.165) is 12.2 Å². The van der Waals surface area contributed by atoms with Crippen LogP contribution in [-0.2, 0) is 0 Å². The van der Waals surface area contributed by atoms with Crippen LogP contribution in [0.25, 0.3) is 0 Å². The van der Waals surface area contributed by atoms with Crippen molar-refractivity contribution in [2.24, 2.45) is 0 Å². The van der Waals surface area contributed by atoms with Crippen molar-refractivity contribution in [3.63, 3.8) is 0 Å². The molecule has 0 saturated carbocycles. The summed E-state index contributed by atoms with van der Waals surface area (Å²) in [5.41, 5.74) is 5.52. The summed E-state index contributed by atoms with van der Waals surface area (Å²) in [6, 6.07) is 1.65. The van der Waals surface area contributed by atoms with Gasteiger partial charge in [0.15, 0.2) is 5.16 Å². The third-order valence-corrected chi connectivity index (χ3v) is 2.57. The fourth-order valence-electron chi connectivity index (χ4n) is 0.706. The second kappa shape index (κ2) is 5.41. The molecule has 0 aliphatic carbocycles. The number of anilines is 1. The quantitative estimate of drug-likeness (QED) is 0.371. The van der Waals surface area contributed by atoms with Crippen LogP contribution in [0, 0.1) is 0 Å². The largest absolute Gasteiger partial charge is 0.396 e. The lowest BCUT2D eigenvalue weighted by Crippen LogP contribution is -1.96. The smallest absolute Gasteiger partial charge is 0.190 e. The molecule has 4 nitrogen and oxygen atoms in total. The first-order valence-corrected chi connectivity index (χ1v) is 5.54. The molecule has 0 aliphatic rings. The number of hydrogen-bond donors (Lipinski definition) is 2. The lowest BCUT2D eigenvalue weighted by atomic mass is 10.5. The van der Waals surface area contributed by atoms with Gasteiger partial charge in [0.1, 0.15) is 10.4 Å². The van der Waals surface area contributed by atoms with Gasteiger partial charge in [0, 0.05) is 18.4 Å². The highest BCUT2D eigenvalue weighted by Gasteiger charge is 2.00. The minimum Gasteiger partial charge on any atom is -0.396 e. The van der Waals surface area contributed by atoms with Gasteiger partial charge in [-0.1, -0.05) is 11.8 Å². The number of hydrogen-bond acceptors (Lipinski definition) is 5. The maximum Gasteiger partial charge on any atom is 0.190 e. The normalized spacial score (nSPS) is 10.3. The molecule has 1 aromatic heterocycles. The summed E-state index contributed by atoms with van der Waals surface area (Å²) >= 11 is 4.71. The van der Waals surface area contributed by atoms with E-state index in [1.165, 1.54) is 11.8 Å². The molecule has 0 unspecified atom stereocenters. The van der Waals surface area contributed by atoms with Gasteiger partial charge in [-0.3, -0.25) is 0 Å². The molecule has 0 atom stereocenters. The predicted molar refractivity (Wildman–Crippen MR) is 56.6 cm³/mol. The Labute approximate surface area is 89.1 Å². The summed E-state index contributed by atoms with van der Waals surface area (Å²) in [5, 5.41) is 9.20. The molecule has 72 valence electrons. The van der Waals surface area contributed by atoms with E-state index in [2.05, 4.69) is 25.9 Å². The minimum absolute atomic E-state index is 0.191. The SMILES string of the molecule is Nc1cc(Br)nc(SCCCO)n1. The number of aromatic nitrogens is 2. The molecular weight excluding hydrogens is 254 g/mol. The van der Waals surface area contributed by atoms with Crippen LogP contribution in [0.15, 0.2) is 15.8 Å². The summed E-state index contributed by atoms with van der Waals surface area (Å²) in [7, 11) is 0. The third-order valence-electron chi connectivity index (χ3n) is 1.23. The number of halogens is 1. The number of nitrogen functional groups attached to an aromatic ring is 1. The Morgan fingerprint density at radius 3 is 2.92 bits per heavy atom. The molecule has 0 bridgehead atoms. The topological polar surface area (TPSA) is 72.0 Å². The first kappa shape index (κ1) is 10.7. The number of aliphatic hydroxyl groups is 1. The van der Waals surface area contributed by atoms with E-state index in [1.807, 2.05) is 0 Å². The van der Waals surface area contributed by atoms with Crippen molar-refractivity contribution in [2.45, 2.75) is 11.6 Å². The first-order chi connectivity index (χ1) is 6.22. The van der Waals surface area contributed by atoms with Crippen LogP contribution in [0.1, 0.15) is 6.42 Å². The summed E-state index contributed by atoms with van der Waals surface area (Å²) in [6.07, 6.45) is 0.737. The van der Waals surface area contributed by atoms with Crippen molar-refractivity contribution in [1.29, 1.82) is 0 Å². The molecule has 0 radical (unpaired) electrons. The van der Waals surface area contributed by atoms with Crippen molar-refractivity contribution in [3.8, 4) is 0 Å². The Hall–Kier alpha value is -0.330. The van der Waals surface area contributed by atoms with Gasteiger partial charge in [-0.05, 0) is 22.4 Å². The standard InChI is InChI=1S/C7H10BrN3OS/c8-5-4-6(9)11-7(10-5)13-3-1-2-12/h4,12H,1-3H2,(H2,9,10,11). The van der Waals surface area contributed by atoms with Crippen molar-refractivity contribution >= 4 is 33.5 Å². The van der Waals surface area contributed by atoms with Crippen LogP contribution in [-0.4, -0.2) is 27.4 Å². The molecule has 0 fully saturated rings. The molecule has 1 rings (SSSR count). The van der Waals surface area contributed by atoms with Crippen LogP contribution >= 0.6 is 27.7 Å². The predicted octanol–water partition coefficient (Wildman–Crippen LogP) is 1.30. The first-order valence-electron chi connectivity index (χ1n) is 3.76. The van der Waals surface area contributed by atoms with Crippen LogP contribution in [0.5, 0.6) is 0 Å². The number of nitrogens with zero attached hydrogens (tertiary/aromatic N) is 2. The molecule has 0 aromatic carbocycles. The van der Waals surface area contributed by atoms with Gasteiger partial charge < -0.3 is 10.8 Å². The average molecular weight is 264 g/mol. The average Bonchev–Trinajstić information content (AvgIpc) is 2.03. The highest BCUT2D eigenvalue weighted by atomic mass is 79.9. The molecule has 1 aromatic rings. The van der Waals surface area contributed by atoms with E-state index in [1.54, 1.807) is 6.07 Å². The second-order valence-corrected chi connectivity index (χ2v) is 4.20. The van der Waals surface area contributed by atoms with Crippen LogP contribution in [0.3, 0.4) is 0 Å². The molecule has 6 heteroatoms. The third kappa shape index (κ3) is 3.93. The van der Waals surface area contributed by atoms with Crippen molar-refractivity contribution in [3.05, 3.63) is 10.7 Å². The Bertz CT molecular complexity index is 264. The van der Waals surface area contributed by atoms with E-state index in [-0.39, 0.29) is 6.61 Å². The van der Waals surface area contributed by atoms with E-state index in [4.69, 9.17) is 10.8 Å². The van der Waals surface area contributed by atoms with Gasteiger partial charge in [-0.15, -0.1) is 0 Å². The maximum absolute atomic E-state index is 8.57. The summed E-state index contributed by atoms with van der Waals surface area (Å²) in [4.78, 5) is 8.14. The molecule has 0 amide bonds. The minimum atomic E-state index is 0.191. The van der Waals surface area contributed by atoms with Gasteiger partial charge in [0.2, 0.25) is 0 Å². The number of aliphatic hydroxyl groups excluding tert-OH is 1. The lowest BCUT2D eigenvalue weighted by Gasteiger charge is -2.00. The van der Waals surface area contributed by atoms with Crippen LogP contribution in [0.4, 0.5) is 5.82 Å². The van der Waals surface area contributed by atoms with Crippen LogP contribution in [0.2, 0.25) is 0 Å². The van der Waals surface area contributed by atoms with Gasteiger partial charge in [-0.2, -0.15) is 0 Å². The molecule has 1 heterocycles. The monoisotopic (exact) mass is 263 g/mol. The Kier molecular flexibility index (Phi) is 4.47. The highest BCUT2D eigenvalue weighted by molar-refractivity contribution is 9.10. The molecule has 0 spiro atoms. The number of thioether (sulfide) groups is 1. The zero-order chi connectivity index (χ0) is 9.68. The van der Waals surface area contributed by atoms with Gasteiger partial charge in [0.25, 0.3) is 0 Å². The summed E-state index contributed by atoms with van der Waals surface area (Å²) < 4.78 is 0.687. The molecular formula is C7H10BrN3OS. The Morgan fingerprint density at radius 2 is 2.31 bits per heavy atom. The van der Waals surface area contributed by atoms with Gasteiger partial charge in [0.05, 0.1) is 0 Å². The molecule has 13 heavy (non-hydrogen) atoms. The molecule has 0 aliphatic heterocycles. The fourth-order valence-corrected chi connectivity index (χ4v) is 2.01. The maximum atomic E-state index is 8.57. The van der Waals surface area contributed by atoms with Crippen molar-refractivity contribution in [2.75, 3.05) is 18.1 Å². The van der Waals surface area contributed by atoms with Gasteiger partial charge >= 0.3 is 0 Å². The van der Waals surface area contributed by atoms with Crippen molar-refractivity contribution < 1.29 is 5.11 Å². The van der Waals surface area contributed by atoms with E-state index in [9.17, 15) is 0 Å². The Balaban J connectivity index is 2.56. The second-order valence-electron chi connectivity index (χ2n) is 2.32. The molecule has 3 N–H and O–H groups in total. The zero-order valence-corrected chi connectivity index (χ0v) is 9.31. The lowest BCUT2D eigenvalue weighted by molar-refractivity contribution is 0.296. The molecule has 0 saturated heterocycles. The van der Waals surface area contributed by atoms with E-state index >= 15 is 0 Å². The van der Waals surface area contributed by atoms with Gasteiger partial charge in [-0.25, -0.2) is 9.97 Å². The highest BCUT2D eigenvalue weighted by Crippen LogP contribution is 2.18. The fraction of sp³-hybridized carbons (Fsp3) is 0.429. The van der Waals surface area contributed by atoms with Crippen molar-refractivity contribution in [1.82, 2.24) is 9.97 Å². The number of rotatable bonds is 4. The zero-order valence-electron chi connectivity index (χ0n) is 6.90.